The number of hydrogen-bond donors (Lipinski definition) is 0. The largest absolute Gasteiger partial charge is 0.496 e. The lowest BCUT2D eigenvalue weighted by molar-refractivity contribution is -0.175. The van der Waals surface area contributed by atoms with Gasteiger partial charge in [-0.25, -0.2) is 0 Å². The second kappa shape index (κ2) is 10.6. The Morgan fingerprint density at radius 3 is 2.03 bits per heavy atom. The molecule has 3 heteroatoms. The minimum Gasteiger partial charge on any atom is -0.496 e. The van der Waals surface area contributed by atoms with Crippen molar-refractivity contribution in [3.63, 3.8) is 0 Å². The van der Waals surface area contributed by atoms with Crippen LogP contribution in [0.2, 0.25) is 0 Å². The Balaban J connectivity index is 3.01. The number of carbonyl (C=O) groups excluding carboxylic acids is 1. The van der Waals surface area contributed by atoms with Gasteiger partial charge in [-0.2, -0.15) is 0 Å². The van der Waals surface area contributed by atoms with E-state index in [2.05, 4.69) is 77.9 Å². The SMILES string of the molecule is CCOC(=O)C(CC(C)C)(C(C)(C)C)C(CC)(Cc1ccccc1)c1ccccc1OC. The Bertz CT molecular complexity index is 865. The van der Waals surface area contributed by atoms with Crippen LogP contribution in [0.1, 0.15) is 72.4 Å². The van der Waals surface area contributed by atoms with Crippen molar-refractivity contribution in [2.75, 3.05) is 13.7 Å². The Hall–Kier alpha value is -2.29. The number of esters is 1. The fourth-order valence-electron chi connectivity index (χ4n) is 5.75. The third-order valence-electron chi connectivity index (χ3n) is 7.01. The first-order chi connectivity index (χ1) is 15.1. The molecule has 0 fully saturated rings. The first-order valence-corrected chi connectivity index (χ1v) is 11.9. The Morgan fingerprint density at radius 1 is 0.938 bits per heavy atom. The molecular formula is C29H42O3. The van der Waals surface area contributed by atoms with E-state index in [0.29, 0.717) is 12.5 Å². The molecule has 0 aromatic heterocycles. The van der Waals surface area contributed by atoms with E-state index in [1.165, 1.54) is 5.56 Å². The molecule has 0 radical (unpaired) electrons. The summed E-state index contributed by atoms with van der Waals surface area (Å²) in [5.41, 5.74) is 0.660. The van der Waals surface area contributed by atoms with Gasteiger partial charge in [0, 0.05) is 11.0 Å². The molecule has 2 aromatic rings. The van der Waals surface area contributed by atoms with Gasteiger partial charge in [0.2, 0.25) is 0 Å². The maximum atomic E-state index is 14.2. The topological polar surface area (TPSA) is 35.5 Å². The van der Waals surface area contributed by atoms with Gasteiger partial charge in [0.1, 0.15) is 5.75 Å². The van der Waals surface area contributed by atoms with Gasteiger partial charge < -0.3 is 9.47 Å². The van der Waals surface area contributed by atoms with Gasteiger partial charge in [0.15, 0.2) is 0 Å². The van der Waals surface area contributed by atoms with Crippen LogP contribution in [0, 0.1) is 16.7 Å². The normalized spacial score (nSPS) is 15.7. The van der Waals surface area contributed by atoms with Gasteiger partial charge in [-0.15, -0.1) is 0 Å². The molecule has 0 heterocycles. The number of ether oxygens (including phenoxy) is 2. The second-order valence-corrected chi connectivity index (χ2v) is 10.3. The summed E-state index contributed by atoms with van der Waals surface area (Å²) in [4.78, 5) is 14.2. The Kier molecular flexibility index (Phi) is 8.56. The van der Waals surface area contributed by atoms with Crippen molar-refractivity contribution in [2.24, 2.45) is 16.7 Å². The van der Waals surface area contributed by atoms with Crippen molar-refractivity contribution < 1.29 is 14.3 Å². The molecule has 176 valence electrons. The fourth-order valence-corrected chi connectivity index (χ4v) is 5.75. The molecule has 3 nitrogen and oxygen atoms in total. The van der Waals surface area contributed by atoms with Crippen molar-refractivity contribution in [1.82, 2.24) is 0 Å². The van der Waals surface area contributed by atoms with Crippen molar-refractivity contribution in [2.45, 2.75) is 73.1 Å². The lowest BCUT2D eigenvalue weighted by atomic mass is 9.45. The fraction of sp³-hybridized carbons (Fsp3) is 0.552. The third kappa shape index (κ3) is 4.72. The third-order valence-corrected chi connectivity index (χ3v) is 7.01. The van der Waals surface area contributed by atoms with Gasteiger partial charge in [0.05, 0.1) is 19.1 Å². The van der Waals surface area contributed by atoms with Crippen LogP contribution >= 0.6 is 0 Å². The molecule has 0 bridgehead atoms. The van der Waals surface area contributed by atoms with E-state index < -0.39 is 10.8 Å². The summed E-state index contributed by atoms with van der Waals surface area (Å²) in [5.74, 6) is 1.03. The predicted molar refractivity (Wildman–Crippen MR) is 133 cm³/mol. The highest BCUT2D eigenvalue weighted by Gasteiger charge is 2.63. The minimum absolute atomic E-state index is 0.107. The molecule has 0 N–H and O–H groups in total. The first kappa shape index (κ1) is 26.0. The summed E-state index contributed by atoms with van der Waals surface area (Å²) in [6.07, 6.45) is 2.24. The van der Waals surface area contributed by atoms with Crippen molar-refractivity contribution in [1.29, 1.82) is 0 Å². The van der Waals surface area contributed by atoms with Crippen LogP contribution in [0.4, 0.5) is 0 Å². The van der Waals surface area contributed by atoms with Crippen molar-refractivity contribution in [3.8, 4) is 5.75 Å². The van der Waals surface area contributed by atoms with Crippen LogP contribution < -0.4 is 4.74 Å². The van der Waals surface area contributed by atoms with Gasteiger partial charge >= 0.3 is 5.97 Å². The molecule has 0 amide bonds. The second-order valence-electron chi connectivity index (χ2n) is 10.3. The summed E-state index contributed by atoms with van der Waals surface area (Å²) in [5, 5.41) is 0. The maximum absolute atomic E-state index is 14.2. The van der Waals surface area contributed by atoms with Crippen LogP contribution in [-0.4, -0.2) is 19.7 Å². The van der Waals surface area contributed by atoms with Crippen LogP contribution in [-0.2, 0) is 21.4 Å². The molecule has 0 aliphatic carbocycles. The van der Waals surface area contributed by atoms with Crippen molar-refractivity contribution in [3.05, 3.63) is 65.7 Å². The smallest absolute Gasteiger partial charge is 0.313 e. The molecule has 2 atom stereocenters. The van der Waals surface area contributed by atoms with E-state index >= 15 is 0 Å². The average molecular weight is 439 g/mol. The molecule has 0 saturated carbocycles. The maximum Gasteiger partial charge on any atom is 0.313 e. The zero-order valence-electron chi connectivity index (χ0n) is 21.3. The van der Waals surface area contributed by atoms with E-state index in [1.54, 1.807) is 7.11 Å². The molecule has 32 heavy (non-hydrogen) atoms. The summed E-state index contributed by atoms with van der Waals surface area (Å²) in [6.45, 7) is 15.4. The highest BCUT2D eigenvalue weighted by molar-refractivity contribution is 5.81. The van der Waals surface area contributed by atoms with Crippen LogP contribution in [0.3, 0.4) is 0 Å². The van der Waals surface area contributed by atoms with Crippen LogP contribution in [0.15, 0.2) is 54.6 Å². The minimum atomic E-state index is -0.761. The molecule has 2 rings (SSSR count). The number of para-hydroxylation sites is 1. The zero-order valence-corrected chi connectivity index (χ0v) is 21.3. The molecule has 0 spiro atoms. The molecule has 2 unspecified atom stereocenters. The monoisotopic (exact) mass is 438 g/mol. The van der Waals surface area contributed by atoms with E-state index in [9.17, 15) is 4.79 Å². The highest BCUT2D eigenvalue weighted by Crippen LogP contribution is 2.61. The van der Waals surface area contributed by atoms with Crippen molar-refractivity contribution >= 4 is 5.97 Å². The summed E-state index contributed by atoms with van der Waals surface area (Å²) < 4.78 is 11.8. The summed E-state index contributed by atoms with van der Waals surface area (Å²) in [7, 11) is 1.72. The average Bonchev–Trinajstić information content (AvgIpc) is 2.76. The summed E-state index contributed by atoms with van der Waals surface area (Å²) >= 11 is 0. The van der Waals surface area contributed by atoms with E-state index in [4.69, 9.17) is 9.47 Å². The molecule has 0 aliphatic heterocycles. The number of hydrogen-bond acceptors (Lipinski definition) is 3. The highest BCUT2D eigenvalue weighted by atomic mass is 16.5. The number of rotatable bonds is 10. The quantitative estimate of drug-likeness (QED) is 0.367. The zero-order chi connectivity index (χ0) is 24.0. The number of methoxy groups -OCH3 is 1. The molecule has 0 aliphatic rings. The van der Waals surface area contributed by atoms with E-state index in [0.717, 1.165) is 30.6 Å². The number of carbonyl (C=O) groups is 1. The molecule has 0 saturated heterocycles. The lowest BCUT2D eigenvalue weighted by Gasteiger charge is -2.57. The van der Waals surface area contributed by atoms with Gasteiger partial charge in [0.25, 0.3) is 0 Å². The van der Waals surface area contributed by atoms with Crippen LogP contribution in [0.25, 0.3) is 0 Å². The van der Waals surface area contributed by atoms with Crippen LogP contribution in [0.5, 0.6) is 5.75 Å². The Labute approximate surface area is 195 Å². The first-order valence-electron chi connectivity index (χ1n) is 11.9. The van der Waals surface area contributed by atoms with Gasteiger partial charge in [-0.1, -0.05) is 90.1 Å². The summed E-state index contributed by atoms with van der Waals surface area (Å²) in [6, 6.07) is 18.7. The van der Waals surface area contributed by atoms with E-state index in [-0.39, 0.29) is 11.4 Å². The Morgan fingerprint density at radius 2 is 1.53 bits per heavy atom. The number of benzene rings is 2. The standard InChI is InChI=1S/C29H42O3/c1-9-28(21-23-16-12-11-13-17-23,24-18-14-15-19-25(24)31-8)29(20-22(3)4,27(5,6)7)26(30)32-10-2/h11-19,22H,9-10,20-21H2,1-8H3. The van der Waals surface area contributed by atoms with Gasteiger partial charge in [-0.3, -0.25) is 4.79 Å². The van der Waals surface area contributed by atoms with E-state index in [1.807, 2.05) is 25.1 Å². The van der Waals surface area contributed by atoms with Gasteiger partial charge in [-0.05, 0) is 49.1 Å². The molecular weight excluding hydrogens is 396 g/mol. The predicted octanol–water partition coefficient (Wildman–Crippen LogP) is 7.23. The lowest BCUT2D eigenvalue weighted by Crippen LogP contribution is -2.60. The molecule has 2 aromatic carbocycles.